The maximum absolute atomic E-state index is 11.2. The number of aliphatic carboxylic acids is 1. The highest BCUT2D eigenvalue weighted by atomic mass is 16.5. The summed E-state index contributed by atoms with van der Waals surface area (Å²) in [5.41, 5.74) is 1.61. The number of carboxylic acids is 1. The average molecular weight is 302 g/mol. The number of ether oxygens (including phenoxy) is 1. The third-order valence-corrected chi connectivity index (χ3v) is 3.90. The molecule has 0 amide bonds. The standard InChI is InChI=1S/C16H18N2O4/c1-21-13-6-4-11(5-7-13)15-17-12(10-22-15)9-18-8-2-3-14(18)16(19)20/h4-7,10,14H,2-3,8-9H2,1H3,(H,19,20)/t14-/m1/s1. The Morgan fingerprint density at radius 1 is 1.45 bits per heavy atom. The first-order chi connectivity index (χ1) is 10.7. The molecule has 1 aliphatic rings. The van der Waals surface area contributed by atoms with Gasteiger partial charge in [-0.2, -0.15) is 0 Å². The van der Waals surface area contributed by atoms with Crippen LogP contribution in [0.5, 0.6) is 5.75 Å². The average Bonchev–Trinajstić information content (AvgIpc) is 3.17. The van der Waals surface area contributed by atoms with Gasteiger partial charge in [0.1, 0.15) is 18.1 Å². The van der Waals surface area contributed by atoms with Crippen LogP contribution >= 0.6 is 0 Å². The van der Waals surface area contributed by atoms with Crippen molar-refractivity contribution in [3.8, 4) is 17.2 Å². The SMILES string of the molecule is COc1ccc(-c2nc(CN3CCC[C@@H]3C(=O)O)co2)cc1. The van der Waals surface area contributed by atoms with Crippen LogP contribution in [-0.4, -0.2) is 40.7 Å². The molecule has 22 heavy (non-hydrogen) atoms. The number of likely N-dealkylation sites (tertiary alicyclic amines) is 1. The lowest BCUT2D eigenvalue weighted by molar-refractivity contribution is -0.142. The lowest BCUT2D eigenvalue weighted by Crippen LogP contribution is -2.35. The second-order valence-electron chi connectivity index (χ2n) is 5.34. The highest BCUT2D eigenvalue weighted by molar-refractivity contribution is 5.73. The van der Waals surface area contributed by atoms with Gasteiger partial charge in [-0.1, -0.05) is 0 Å². The summed E-state index contributed by atoms with van der Waals surface area (Å²) in [4.78, 5) is 17.6. The van der Waals surface area contributed by atoms with E-state index in [-0.39, 0.29) is 0 Å². The second-order valence-corrected chi connectivity index (χ2v) is 5.34. The molecule has 0 radical (unpaired) electrons. The first kappa shape index (κ1) is 14.6. The van der Waals surface area contributed by atoms with E-state index in [0.717, 1.165) is 30.0 Å². The Labute approximate surface area is 128 Å². The van der Waals surface area contributed by atoms with E-state index < -0.39 is 12.0 Å². The fourth-order valence-electron chi connectivity index (χ4n) is 2.75. The Morgan fingerprint density at radius 2 is 2.23 bits per heavy atom. The molecule has 1 saturated heterocycles. The van der Waals surface area contributed by atoms with E-state index in [1.165, 1.54) is 0 Å². The molecule has 0 aliphatic carbocycles. The lowest BCUT2D eigenvalue weighted by Gasteiger charge is -2.19. The van der Waals surface area contributed by atoms with Crippen LogP contribution in [0.25, 0.3) is 11.5 Å². The van der Waals surface area contributed by atoms with Gasteiger partial charge in [-0.05, 0) is 43.7 Å². The van der Waals surface area contributed by atoms with Crippen molar-refractivity contribution in [3.63, 3.8) is 0 Å². The van der Waals surface area contributed by atoms with Crippen LogP contribution < -0.4 is 4.74 Å². The van der Waals surface area contributed by atoms with E-state index in [9.17, 15) is 9.90 Å². The third kappa shape index (κ3) is 2.96. The molecule has 1 aromatic carbocycles. The van der Waals surface area contributed by atoms with Gasteiger partial charge in [0.05, 0.1) is 12.8 Å². The number of methoxy groups -OCH3 is 1. The first-order valence-electron chi connectivity index (χ1n) is 7.23. The number of rotatable bonds is 5. The summed E-state index contributed by atoms with van der Waals surface area (Å²) < 4.78 is 10.6. The first-order valence-corrected chi connectivity index (χ1v) is 7.23. The van der Waals surface area contributed by atoms with Gasteiger partial charge in [0.15, 0.2) is 0 Å². The van der Waals surface area contributed by atoms with Crippen LogP contribution in [0.3, 0.4) is 0 Å². The number of hydrogen-bond acceptors (Lipinski definition) is 5. The van der Waals surface area contributed by atoms with Crippen molar-refractivity contribution < 1.29 is 19.1 Å². The molecule has 3 rings (SSSR count). The molecule has 2 heterocycles. The van der Waals surface area contributed by atoms with Crippen LogP contribution in [0, 0.1) is 0 Å². The van der Waals surface area contributed by atoms with Gasteiger partial charge in [-0.3, -0.25) is 9.69 Å². The zero-order chi connectivity index (χ0) is 15.5. The Balaban J connectivity index is 1.72. The summed E-state index contributed by atoms with van der Waals surface area (Å²) >= 11 is 0. The molecular weight excluding hydrogens is 284 g/mol. The highest BCUT2D eigenvalue weighted by Gasteiger charge is 2.30. The predicted octanol–water partition coefficient (Wildman–Crippen LogP) is 2.40. The van der Waals surface area contributed by atoms with Gasteiger partial charge in [-0.25, -0.2) is 4.98 Å². The van der Waals surface area contributed by atoms with Crippen molar-refractivity contribution in [2.24, 2.45) is 0 Å². The minimum Gasteiger partial charge on any atom is -0.497 e. The summed E-state index contributed by atoms with van der Waals surface area (Å²) in [7, 11) is 1.62. The van der Waals surface area contributed by atoms with Crippen LogP contribution in [-0.2, 0) is 11.3 Å². The highest BCUT2D eigenvalue weighted by Crippen LogP contribution is 2.24. The monoisotopic (exact) mass is 302 g/mol. The zero-order valence-corrected chi connectivity index (χ0v) is 12.4. The minimum atomic E-state index is -0.767. The van der Waals surface area contributed by atoms with Crippen LogP contribution in [0.2, 0.25) is 0 Å². The largest absolute Gasteiger partial charge is 0.497 e. The molecule has 1 fully saturated rings. The topological polar surface area (TPSA) is 75.8 Å². The van der Waals surface area contributed by atoms with Crippen molar-refractivity contribution in [2.45, 2.75) is 25.4 Å². The molecule has 0 unspecified atom stereocenters. The van der Waals surface area contributed by atoms with Gasteiger partial charge in [0.2, 0.25) is 5.89 Å². The molecule has 0 saturated carbocycles. The maximum atomic E-state index is 11.2. The summed E-state index contributed by atoms with van der Waals surface area (Å²) in [5.74, 6) is 0.539. The van der Waals surface area contributed by atoms with E-state index >= 15 is 0 Å². The van der Waals surface area contributed by atoms with E-state index in [1.54, 1.807) is 13.4 Å². The van der Waals surface area contributed by atoms with Crippen molar-refractivity contribution in [2.75, 3.05) is 13.7 Å². The molecule has 0 spiro atoms. The normalized spacial score (nSPS) is 18.5. The zero-order valence-electron chi connectivity index (χ0n) is 12.4. The Bertz CT molecular complexity index is 650. The van der Waals surface area contributed by atoms with Gasteiger partial charge in [0.25, 0.3) is 0 Å². The van der Waals surface area contributed by atoms with Crippen molar-refractivity contribution in [1.29, 1.82) is 0 Å². The Hall–Kier alpha value is -2.34. The minimum absolute atomic E-state index is 0.416. The number of benzene rings is 1. The van der Waals surface area contributed by atoms with Crippen LogP contribution in [0.1, 0.15) is 18.5 Å². The quantitative estimate of drug-likeness (QED) is 0.914. The van der Waals surface area contributed by atoms with E-state index in [2.05, 4.69) is 4.98 Å². The van der Waals surface area contributed by atoms with Gasteiger partial charge < -0.3 is 14.3 Å². The number of aromatic nitrogens is 1. The molecule has 1 N–H and O–H groups in total. The van der Waals surface area contributed by atoms with Gasteiger partial charge >= 0.3 is 5.97 Å². The van der Waals surface area contributed by atoms with E-state index in [4.69, 9.17) is 9.15 Å². The molecule has 1 aliphatic heterocycles. The Morgan fingerprint density at radius 3 is 2.91 bits per heavy atom. The molecule has 116 valence electrons. The molecular formula is C16H18N2O4. The molecule has 1 aromatic heterocycles. The predicted molar refractivity (Wildman–Crippen MR) is 79.6 cm³/mol. The number of carboxylic acid groups (broad SMARTS) is 1. The molecule has 0 bridgehead atoms. The molecule has 6 heteroatoms. The maximum Gasteiger partial charge on any atom is 0.320 e. The summed E-state index contributed by atoms with van der Waals surface area (Å²) in [6.45, 7) is 1.28. The molecule has 1 atom stereocenters. The number of hydrogen-bond donors (Lipinski definition) is 1. The number of nitrogens with zero attached hydrogens (tertiary/aromatic N) is 2. The number of oxazole rings is 1. The van der Waals surface area contributed by atoms with Crippen molar-refractivity contribution >= 4 is 5.97 Å². The fourth-order valence-corrected chi connectivity index (χ4v) is 2.75. The van der Waals surface area contributed by atoms with Crippen molar-refractivity contribution in [1.82, 2.24) is 9.88 Å². The molecule has 6 nitrogen and oxygen atoms in total. The van der Waals surface area contributed by atoms with Gasteiger partial charge in [-0.15, -0.1) is 0 Å². The second kappa shape index (κ2) is 6.19. The van der Waals surface area contributed by atoms with E-state index in [1.807, 2.05) is 29.2 Å². The van der Waals surface area contributed by atoms with Crippen molar-refractivity contribution in [3.05, 3.63) is 36.2 Å². The summed E-state index contributed by atoms with van der Waals surface area (Å²) in [6.07, 6.45) is 3.19. The lowest BCUT2D eigenvalue weighted by atomic mass is 10.2. The summed E-state index contributed by atoms with van der Waals surface area (Å²) in [6, 6.07) is 7.04. The van der Waals surface area contributed by atoms with Crippen LogP contribution in [0.4, 0.5) is 0 Å². The summed E-state index contributed by atoms with van der Waals surface area (Å²) in [5, 5.41) is 9.20. The molecule has 2 aromatic rings. The van der Waals surface area contributed by atoms with E-state index in [0.29, 0.717) is 18.9 Å². The smallest absolute Gasteiger partial charge is 0.320 e. The van der Waals surface area contributed by atoms with Gasteiger partial charge in [0, 0.05) is 12.1 Å². The Kier molecular flexibility index (Phi) is 4.11. The van der Waals surface area contributed by atoms with Crippen LogP contribution in [0.15, 0.2) is 34.9 Å². The third-order valence-electron chi connectivity index (χ3n) is 3.90. The number of carbonyl (C=O) groups is 1. The fraction of sp³-hybridized carbons (Fsp3) is 0.375.